The molecule has 0 bridgehead atoms. The van der Waals surface area contributed by atoms with Crippen LogP contribution in [0.25, 0.3) is 0 Å². The third kappa shape index (κ3) is 3.82. The van der Waals surface area contributed by atoms with Crippen LogP contribution in [0.15, 0.2) is 0 Å². The first-order valence-electron chi connectivity index (χ1n) is 4.06. The summed E-state index contributed by atoms with van der Waals surface area (Å²) in [5.41, 5.74) is 0. The molecule has 0 aromatic carbocycles. The van der Waals surface area contributed by atoms with Gasteiger partial charge in [0.25, 0.3) is 0 Å². The van der Waals surface area contributed by atoms with Crippen LogP contribution < -0.4 is 0 Å². The van der Waals surface area contributed by atoms with Gasteiger partial charge in [-0.15, -0.1) is 0 Å². The second kappa shape index (κ2) is 4.90. The lowest BCUT2D eigenvalue weighted by molar-refractivity contribution is -0.131. The van der Waals surface area contributed by atoms with Gasteiger partial charge in [-0.05, 0) is 12.1 Å². The van der Waals surface area contributed by atoms with E-state index < -0.39 is 21.2 Å². The van der Waals surface area contributed by atoms with E-state index >= 15 is 0 Å². The van der Waals surface area contributed by atoms with Gasteiger partial charge in [0.2, 0.25) is 0 Å². The first-order chi connectivity index (χ1) is 6.47. The van der Waals surface area contributed by atoms with Crippen molar-refractivity contribution in [3.8, 4) is 0 Å². The molecular formula is C5H9F3O3Si3. The van der Waals surface area contributed by atoms with E-state index in [4.69, 9.17) is 12.3 Å². The van der Waals surface area contributed by atoms with E-state index in [2.05, 4.69) is 0 Å². The van der Waals surface area contributed by atoms with Gasteiger partial charge in [0.15, 0.2) is 0 Å². The van der Waals surface area contributed by atoms with Gasteiger partial charge in [0.1, 0.15) is 0 Å². The SMILES string of the molecule is CC[Si]1(CCC(F)(F)F)O[Si]O[Si]O1. The lowest BCUT2D eigenvalue weighted by atomic mass is 10.5. The standard InChI is InChI=1S/C5H9F3O3Si3/c1-2-14(4-3-5(6,7)8)10-12-9-13-11-14/h2-4H2,1H3. The molecule has 1 aliphatic heterocycles. The predicted octanol–water partition coefficient (Wildman–Crippen LogP) is 1.53. The van der Waals surface area contributed by atoms with E-state index in [1.807, 2.05) is 0 Å². The van der Waals surface area contributed by atoms with Crippen LogP contribution in [0.5, 0.6) is 0 Å². The summed E-state index contributed by atoms with van der Waals surface area (Å²) in [5, 5.41) is 0. The maximum atomic E-state index is 12.0. The van der Waals surface area contributed by atoms with Crippen molar-refractivity contribution >= 4 is 28.6 Å². The third-order valence-corrected chi connectivity index (χ3v) is 8.27. The molecule has 1 fully saturated rings. The number of rotatable bonds is 3. The molecule has 0 amide bonds. The molecule has 1 rings (SSSR count). The number of hydrogen-bond donors (Lipinski definition) is 0. The van der Waals surface area contributed by atoms with Gasteiger partial charge < -0.3 is 12.3 Å². The van der Waals surface area contributed by atoms with Crippen molar-refractivity contribution < 1.29 is 25.5 Å². The largest absolute Gasteiger partial charge is 0.414 e. The Balaban J connectivity index is 2.44. The molecule has 0 aliphatic carbocycles. The normalized spacial score (nSPS) is 22.3. The lowest BCUT2D eigenvalue weighted by Gasteiger charge is -2.32. The fourth-order valence-corrected chi connectivity index (χ4v) is 6.95. The average Bonchev–Trinajstić information content (AvgIpc) is 2.15. The van der Waals surface area contributed by atoms with Crippen LogP contribution in [0.4, 0.5) is 13.2 Å². The maximum absolute atomic E-state index is 12.0. The molecule has 0 unspecified atom stereocenters. The highest BCUT2D eigenvalue weighted by molar-refractivity contribution is 6.76. The summed E-state index contributed by atoms with van der Waals surface area (Å²) in [7, 11) is -2.92. The maximum Gasteiger partial charge on any atom is 0.413 e. The Hall–Kier alpha value is 0.321. The van der Waals surface area contributed by atoms with E-state index in [1.165, 1.54) is 0 Å². The molecule has 4 radical (unpaired) electrons. The molecule has 1 heterocycles. The molecule has 14 heavy (non-hydrogen) atoms. The zero-order valence-corrected chi connectivity index (χ0v) is 10.5. The summed E-state index contributed by atoms with van der Waals surface area (Å²) < 4.78 is 51.3. The summed E-state index contributed by atoms with van der Waals surface area (Å²) in [6.07, 6.45) is -4.96. The van der Waals surface area contributed by atoms with Crippen LogP contribution in [0, 0.1) is 0 Å². The van der Waals surface area contributed by atoms with Crippen molar-refractivity contribution in [1.29, 1.82) is 0 Å². The van der Waals surface area contributed by atoms with Crippen molar-refractivity contribution in [1.82, 2.24) is 0 Å². The molecule has 9 heteroatoms. The molecule has 0 aromatic heterocycles. The Bertz CT molecular complexity index is 183. The van der Waals surface area contributed by atoms with E-state index in [-0.39, 0.29) is 26.1 Å². The van der Waals surface area contributed by atoms with Crippen LogP contribution in [-0.4, -0.2) is 34.8 Å². The van der Waals surface area contributed by atoms with E-state index in [0.29, 0.717) is 6.04 Å². The summed E-state index contributed by atoms with van der Waals surface area (Å²) >= 11 is 0. The van der Waals surface area contributed by atoms with E-state index in [0.717, 1.165) is 0 Å². The van der Waals surface area contributed by atoms with Gasteiger partial charge in [0.05, 0.1) is 0 Å². The quantitative estimate of drug-likeness (QED) is 0.719. The number of alkyl halides is 3. The molecule has 0 aromatic rings. The predicted molar refractivity (Wildman–Crippen MR) is 46.5 cm³/mol. The highest BCUT2D eigenvalue weighted by Gasteiger charge is 2.42. The zero-order chi connectivity index (χ0) is 10.7. The van der Waals surface area contributed by atoms with Gasteiger partial charge in [-0.3, -0.25) is 0 Å². The van der Waals surface area contributed by atoms with Gasteiger partial charge in [0, 0.05) is 6.42 Å². The third-order valence-electron chi connectivity index (χ3n) is 1.87. The minimum Gasteiger partial charge on any atom is -0.414 e. The first-order valence-corrected chi connectivity index (χ1v) is 7.92. The topological polar surface area (TPSA) is 27.7 Å². The van der Waals surface area contributed by atoms with Gasteiger partial charge >= 0.3 is 34.8 Å². The minimum absolute atomic E-state index is 0.0314. The van der Waals surface area contributed by atoms with Crippen LogP contribution in [-0.2, 0) is 12.3 Å². The molecule has 0 spiro atoms. The van der Waals surface area contributed by atoms with Crippen molar-refractivity contribution in [2.24, 2.45) is 0 Å². The Morgan fingerprint density at radius 3 is 2.21 bits per heavy atom. The summed E-state index contributed by atoms with van der Waals surface area (Å²) in [4.78, 5) is 0. The van der Waals surface area contributed by atoms with Gasteiger partial charge in [-0.2, -0.15) is 13.2 Å². The molecule has 80 valence electrons. The van der Waals surface area contributed by atoms with Crippen molar-refractivity contribution in [2.45, 2.75) is 31.6 Å². The summed E-state index contributed by atoms with van der Waals surface area (Å²) in [5.74, 6) is 0. The monoisotopic (exact) mass is 258 g/mol. The fraction of sp³-hybridized carbons (Fsp3) is 1.00. The Labute approximate surface area is 86.3 Å². The average molecular weight is 258 g/mol. The summed E-state index contributed by atoms with van der Waals surface area (Å²) in [6, 6.07) is 0.503. The van der Waals surface area contributed by atoms with Crippen LogP contribution >= 0.6 is 0 Å². The van der Waals surface area contributed by atoms with Crippen LogP contribution in [0.2, 0.25) is 12.1 Å². The Morgan fingerprint density at radius 1 is 1.21 bits per heavy atom. The smallest absolute Gasteiger partial charge is 0.413 e. The fourth-order valence-electron chi connectivity index (χ4n) is 0.987. The van der Waals surface area contributed by atoms with Crippen molar-refractivity contribution in [2.75, 3.05) is 0 Å². The lowest BCUT2D eigenvalue weighted by Crippen LogP contribution is -2.49. The molecular weight excluding hydrogens is 249 g/mol. The molecule has 0 atom stereocenters. The van der Waals surface area contributed by atoms with Gasteiger partial charge in [-0.25, -0.2) is 0 Å². The highest BCUT2D eigenvalue weighted by atomic mass is 28.5. The van der Waals surface area contributed by atoms with E-state index in [9.17, 15) is 13.2 Å². The molecule has 3 nitrogen and oxygen atoms in total. The second-order valence-corrected chi connectivity index (χ2v) is 8.66. The van der Waals surface area contributed by atoms with Crippen LogP contribution in [0.1, 0.15) is 13.3 Å². The minimum atomic E-state index is -4.13. The number of hydrogen-bond acceptors (Lipinski definition) is 3. The van der Waals surface area contributed by atoms with Gasteiger partial charge in [-0.1, -0.05) is 6.92 Å². The Kier molecular flexibility index (Phi) is 4.33. The first kappa shape index (κ1) is 12.4. The zero-order valence-electron chi connectivity index (χ0n) is 7.48. The number of halogens is 3. The van der Waals surface area contributed by atoms with E-state index in [1.54, 1.807) is 6.92 Å². The van der Waals surface area contributed by atoms with Crippen molar-refractivity contribution in [3.05, 3.63) is 0 Å². The molecule has 1 aliphatic rings. The Morgan fingerprint density at radius 2 is 1.79 bits per heavy atom. The molecule has 0 saturated carbocycles. The second-order valence-electron chi connectivity index (χ2n) is 2.85. The summed E-state index contributed by atoms with van der Waals surface area (Å²) in [6.45, 7) is 1.79. The molecule has 0 N–H and O–H groups in total. The van der Waals surface area contributed by atoms with Crippen LogP contribution in [0.3, 0.4) is 0 Å². The van der Waals surface area contributed by atoms with Crippen molar-refractivity contribution in [3.63, 3.8) is 0 Å². The highest BCUT2D eigenvalue weighted by Crippen LogP contribution is 2.29. The molecule has 1 saturated heterocycles.